The maximum Gasteiger partial charge on any atom is 0.295 e. The fourth-order valence-corrected chi connectivity index (χ4v) is 4.05. The summed E-state index contributed by atoms with van der Waals surface area (Å²) >= 11 is 5.92. The van der Waals surface area contributed by atoms with Crippen LogP contribution in [0.4, 0.5) is 5.69 Å². The fourth-order valence-electron chi connectivity index (χ4n) is 3.92. The minimum absolute atomic E-state index is 0.150. The Morgan fingerprint density at radius 3 is 2.52 bits per heavy atom. The quantitative estimate of drug-likeness (QED) is 0.185. The molecule has 1 aromatic heterocycles. The van der Waals surface area contributed by atoms with Crippen molar-refractivity contribution in [2.45, 2.75) is 19.0 Å². The Labute approximate surface area is 193 Å². The second kappa shape index (κ2) is 9.25. The summed E-state index contributed by atoms with van der Waals surface area (Å²) < 4.78 is 1.82. The molecule has 1 aliphatic heterocycles. The molecule has 0 saturated carbocycles. The van der Waals surface area contributed by atoms with Gasteiger partial charge in [-0.1, -0.05) is 23.7 Å². The average Bonchev–Trinajstić information content (AvgIpc) is 3.41. The van der Waals surface area contributed by atoms with Gasteiger partial charge in [0.2, 0.25) is 0 Å². The second-order valence-corrected chi connectivity index (χ2v) is 7.91. The van der Waals surface area contributed by atoms with Crippen LogP contribution in [0.25, 0.3) is 5.76 Å². The zero-order valence-corrected chi connectivity index (χ0v) is 18.1. The molecule has 9 nitrogen and oxygen atoms in total. The molecular weight excluding hydrogens is 448 g/mol. The lowest BCUT2D eigenvalue weighted by molar-refractivity contribution is -0.385. The lowest BCUT2D eigenvalue weighted by Gasteiger charge is -2.25. The van der Waals surface area contributed by atoms with E-state index in [1.54, 1.807) is 24.8 Å². The van der Waals surface area contributed by atoms with Crippen LogP contribution in [-0.2, 0) is 16.1 Å². The van der Waals surface area contributed by atoms with Crippen LogP contribution in [0.5, 0.6) is 0 Å². The molecule has 1 aliphatic rings. The Hall–Kier alpha value is -3.98. The number of ketones is 1. The van der Waals surface area contributed by atoms with Crippen molar-refractivity contribution >= 4 is 34.7 Å². The SMILES string of the molecule is O=C1C(=O)N(CCCn2ccnc2)[C@@H](c2ccccc2[N+](=O)[O-])C1=C(O)c1ccc(Cl)cc1. The molecule has 10 heteroatoms. The van der Waals surface area contributed by atoms with E-state index in [0.29, 0.717) is 18.0 Å². The molecule has 1 fully saturated rings. The van der Waals surface area contributed by atoms with Gasteiger partial charge in [-0.05, 0) is 36.8 Å². The van der Waals surface area contributed by atoms with Gasteiger partial charge in [-0.15, -0.1) is 0 Å². The number of benzene rings is 2. The van der Waals surface area contributed by atoms with Crippen LogP contribution in [0, 0.1) is 10.1 Å². The number of amides is 1. The third kappa shape index (κ3) is 4.35. The number of para-hydroxylation sites is 1. The molecule has 3 aromatic rings. The van der Waals surface area contributed by atoms with E-state index in [0.717, 1.165) is 0 Å². The number of nitrogens with zero attached hydrogens (tertiary/aromatic N) is 4. The fraction of sp³-hybridized carbons (Fsp3) is 0.174. The first-order valence-corrected chi connectivity index (χ1v) is 10.5. The van der Waals surface area contributed by atoms with E-state index in [1.165, 1.54) is 47.4 Å². The van der Waals surface area contributed by atoms with Crippen molar-refractivity contribution in [3.8, 4) is 0 Å². The minimum Gasteiger partial charge on any atom is -0.507 e. The number of hydrogen-bond acceptors (Lipinski definition) is 6. The van der Waals surface area contributed by atoms with Crippen LogP contribution in [0.1, 0.15) is 23.6 Å². The Morgan fingerprint density at radius 2 is 1.85 bits per heavy atom. The summed E-state index contributed by atoms with van der Waals surface area (Å²) in [6.07, 6.45) is 5.51. The third-order valence-electron chi connectivity index (χ3n) is 5.46. The lowest BCUT2D eigenvalue weighted by atomic mass is 9.94. The number of aliphatic hydroxyl groups is 1. The highest BCUT2D eigenvalue weighted by molar-refractivity contribution is 6.46. The van der Waals surface area contributed by atoms with Gasteiger partial charge in [0.15, 0.2) is 0 Å². The summed E-state index contributed by atoms with van der Waals surface area (Å²) in [6, 6.07) is 10.9. The smallest absolute Gasteiger partial charge is 0.295 e. The molecule has 1 saturated heterocycles. The van der Waals surface area contributed by atoms with E-state index in [9.17, 15) is 24.8 Å². The first kappa shape index (κ1) is 22.2. The lowest BCUT2D eigenvalue weighted by Crippen LogP contribution is -2.31. The summed E-state index contributed by atoms with van der Waals surface area (Å²) in [4.78, 5) is 42.4. The molecule has 168 valence electrons. The number of carbonyl (C=O) groups excluding carboxylic acids is 2. The number of Topliss-reactive ketones (excluding diaryl/α,β-unsaturated/α-hetero) is 1. The Bertz CT molecular complexity index is 1240. The summed E-state index contributed by atoms with van der Waals surface area (Å²) in [7, 11) is 0. The summed E-state index contributed by atoms with van der Waals surface area (Å²) in [5.74, 6) is -2.13. The molecular formula is C23H19ClN4O5. The van der Waals surface area contributed by atoms with Crippen molar-refractivity contribution in [2.75, 3.05) is 6.54 Å². The number of likely N-dealkylation sites (tertiary alicyclic amines) is 1. The van der Waals surface area contributed by atoms with E-state index < -0.39 is 28.4 Å². The number of nitro benzene ring substituents is 1. The van der Waals surface area contributed by atoms with Crippen LogP contribution in [0.15, 0.2) is 72.8 Å². The zero-order chi connectivity index (χ0) is 23.5. The van der Waals surface area contributed by atoms with E-state index in [4.69, 9.17) is 11.6 Å². The van der Waals surface area contributed by atoms with Gasteiger partial charge in [0.1, 0.15) is 5.76 Å². The monoisotopic (exact) mass is 466 g/mol. The van der Waals surface area contributed by atoms with Gasteiger partial charge in [0.05, 0.1) is 28.4 Å². The van der Waals surface area contributed by atoms with Gasteiger partial charge in [0, 0.05) is 42.1 Å². The number of halogens is 1. The molecule has 1 N–H and O–H groups in total. The third-order valence-corrected chi connectivity index (χ3v) is 5.71. The molecule has 0 radical (unpaired) electrons. The molecule has 4 rings (SSSR count). The highest BCUT2D eigenvalue weighted by Gasteiger charge is 2.47. The van der Waals surface area contributed by atoms with Gasteiger partial charge in [-0.25, -0.2) is 4.98 Å². The number of imidazole rings is 1. The Kier molecular flexibility index (Phi) is 6.23. The predicted molar refractivity (Wildman–Crippen MR) is 120 cm³/mol. The number of nitro groups is 1. The van der Waals surface area contributed by atoms with Crippen molar-refractivity contribution < 1.29 is 19.6 Å². The topological polar surface area (TPSA) is 119 Å². The normalized spacial score (nSPS) is 17.5. The number of aromatic nitrogens is 2. The van der Waals surface area contributed by atoms with Gasteiger partial charge in [-0.3, -0.25) is 19.7 Å². The Balaban J connectivity index is 1.80. The number of aryl methyl sites for hydroxylation is 1. The van der Waals surface area contributed by atoms with Crippen molar-refractivity contribution in [1.82, 2.24) is 14.5 Å². The van der Waals surface area contributed by atoms with Crippen LogP contribution < -0.4 is 0 Å². The second-order valence-electron chi connectivity index (χ2n) is 7.47. The molecule has 2 heterocycles. The maximum absolute atomic E-state index is 13.0. The van der Waals surface area contributed by atoms with Gasteiger partial charge < -0.3 is 14.6 Å². The molecule has 0 unspecified atom stereocenters. The molecule has 0 bridgehead atoms. The van der Waals surface area contributed by atoms with Crippen LogP contribution in [0.2, 0.25) is 5.02 Å². The average molecular weight is 467 g/mol. The van der Waals surface area contributed by atoms with Crippen molar-refractivity contribution in [1.29, 1.82) is 0 Å². The number of carbonyl (C=O) groups is 2. The highest BCUT2D eigenvalue weighted by Crippen LogP contribution is 2.42. The maximum atomic E-state index is 13.0. The molecule has 0 spiro atoms. The molecule has 0 aliphatic carbocycles. The van der Waals surface area contributed by atoms with Crippen LogP contribution in [-0.4, -0.2) is 42.7 Å². The van der Waals surface area contributed by atoms with Crippen molar-refractivity contribution in [3.05, 3.63) is 99.1 Å². The van der Waals surface area contributed by atoms with E-state index in [2.05, 4.69) is 4.98 Å². The van der Waals surface area contributed by atoms with E-state index in [1.807, 2.05) is 4.57 Å². The first-order valence-electron chi connectivity index (χ1n) is 10.1. The number of hydrogen-bond donors (Lipinski definition) is 1. The number of aliphatic hydroxyl groups excluding tert-OH is 1. The standard InChI is InChI=1S/C23H19ClN4O5/c24-16-8-6-15(7-9-16)21(29)19-20(17-4-1-2-5-18(17)28(32)33)27(23(31)22(19)30)12-3-11-26-13-10-25-14-26/h1-2,4-10,13-14,20,29H,3,11-12H2/t20-/m0/s1. The van der Waals surface area contributed by atoms with Gasteiger partial charge >= 0.3 is 0 Å². The molecule has 1 atom stereocenters. The zero-order valence-electron chi connectivity index (χ0n) is 17.3. The molecule has 1 amide bonds. The van der Waals surface area contributed by atoms with Crippen molar-refractivity contribution in [2.24, 2.45) is 0 Å². The number of rotatable bonds is 7. The predicted octanol–water partition coefficient (Wildman–Crippen LogP) is 3.96. The largest absolute Gasteiger partial charge is 0.507 e. The van der Waals surface area contributed by atoms with Crippen LogP contribution >= 0.6 is 11.6 Å². The minimum atomic E-state index is -1.11. The van der Waals surface area contributed by atoms with Crippen molar-refractivity contribution in [3.63, 3.8) is 0 Å². The molecule has 33 heavy (non-hydrogen) atoms. The van der Waals surface area contributed by atoms with Gasteiger partial charge in [-0.2, -0.15) is 0 Å². The van der Waals surface area contributed by atoms with Crippen LogP contribution in [0.3, 0.4) is 0 Å². The van der Waals surface area contributed by atoms with E-state index in [-0.39, 0.29) is 28.9 Å². The Morgan fingerprint density at radius 1 is 1.12 bits per heavy atom. The van der Waals surface area contributed by atoms with E-state index >= 15 is 0 Å². The summed E-state index contributed by atoms with van der Waals surface area (Å²) in [5, 5.41) is 23.2. The summed E-state index contributed by atoms with van der Waals surface area (Å²) in [6.45, 7) is 0.681. The van der Waals surface area contributed by atoms with Gasteiger partial charge in [0.25, 0.3) is 17.4 Å². The summed E-state index contributed by atoms with van der Waals surface area (Å²) in [5.41, 5.74) is -0.00971. The highest BCUT2D eigenvalue weighted by atomic mass is 35.5. The first-order chi connectivity index (χ1) is 15.9. The molecule has 2 aromatic carbocycles.